The highest BCUT2D eigenvalue weighted by Gasteiger charge is 2.57. The molecule has 5 aromatic carbocycles. The molecular weight excluding hydrogens is 925 g/mol. The zero-order chi connectivity index (χ0) is 49.3. The number of esters is 1. The number of hydrogen-bond donors (Lipinski definition) is 2. The summed E-state index contributed by atoms with van der Waals surface area (Å²) in [6, 6.07) is 27.1. The van der Waals surface area contributed by atoms with Crippen LogP contribution in [0.4, 0.5) is 4.79 Å². The fourth-order valence-corrected chi connectivity index (χ4v) is 12.7. The van der Waals surface area contributed by atoms with E-state index < -0.39 is 36.2 Å². The van der Waals surface area contributed by atoms with Crippen molar-refractivity contribution in [3.63, 3.8) is 0 Å². The number of methoxy groups -OCH3 is 2. The van der Waals surface area contributed by atoms with E-state index in [1.165, 1.54) is 22.3 Å². The van der Waals surface area contributed by atoms with Crippen LogP contribution in [0.3, 0.4) is 0 Å². The fourth-order valence-electron chi connectivity index (χ4n) is 11.5. The van der Waals surface area contributed by atoms with E-state index in [2.05, 4.69) is 51.5 Å². The highest BCUT2D eigenvalue weighted by Crippen LogP contribution is 2.58. The molecule has 0 saturated carbocycles. The molecule has 4 aliphatic heterocycles. The van der Waals surface area contributed by atoms with Crippen molar-refractivity contribution in [2.75, 3.05) is 66.2 Å². The number of carbonyl (C=O) groups is 2. The molecule has 10 rings (SSSR count). The SMILES string of the molecule is COCCOCOc1c(OC)c(C)cc2c1[C@@H]1C3Cc4c(O)c(C)c5c(c4[C@H](COC(=O)[C@@H](CSCC4c6ccccc6-c6ccccc64)NC(=O)OCc4ccccc4)N3C(C#N)[C@H](C2)N1C)OCO5. The smallest absolute Gasteiger partial charge is 0.408 e. The van der Waals surface area contributed by atoms with Gasteiger partial charge in [-0.3, -0.25) is 9.80 Å². The Morgan fingerprint density at radius 1 is 0.901 bits per heavy atom. The Morgan fingerprint density at radius 2 is 1.62 bits per heavy atom. The molecule has 2 bridgehead atoms. The van der Waals surface area contributed by atoms with Crippen LogP contribution in [0.1, 0.15) is 68.1 Å². The molecule has 5 aliphatic rings. The van der Waals surface area contributed by atoms with Gasteiger partial charge in [0.1, 0.15) is 31.0 Å². The molecule has 16 heteroatoms. The van der Waals surface area contributed by atoms with E-state index in [-0.39, 0.29) is 56.3 Å². The lowest BCUT2D eigenvalue weighted by Gasteiger charge is -2.59. The number of alkyl carbamates (subject to hydrolysis) is 1. The number of rotatable bonds is 17. The number of nitriles is 1. The molecule has 2 unspecified atom stereocenters. The van der Waals surface area contributed by atoms with E-state index >= 15 is 0 Å². The minimum absolute atomic E-state index is 0.0109. The molecule has 1 aliphatic carbocycles. The Labute approximate surface area is 417 Å². The van der Waals surface area contributed by atoms with Crippen molar-refractivity contribution in [1.29, 1.82) is 5.26 Å². The molecule has 0 spiro atoms. The van der Waals surface area contributed by atoms with E-state index in [1.54, 1.807) is 32.9 Å². The number of phenols is 1. The molecule has 370 valence electrons. The lowest BCUT2D eigenvalue weighted by Crippen LogP contribution is -2.68. The first-order valence-electron chi connectivity index (χ1n) is 24.0. The predicted octanol–water partition coefficient (Wildman–Crippen LogP) is 7.90. The third-order valence-corrected chi connectivity index (χ3v) is 15.8. The lowest BCUT2D eigenvalue weighted by molar-refractivity contribution is -0.150. The van der Waals surface area contributed by atoms with Gasteiger partial charge in [-0.1, -0.05) is 84.9 Å². The van der Waals surface area contributed by atoms with Crippen molar-refractivity contribution >= 4 is 23.8 Å². The largest absolute Gasteiger partial charge is 0.507 e. The van der Waals surface area contributed by atoms with Crippen molar-refractivity contribution in [3.05, 3.63) is 135 Å². The molecule has 15 nitrogen and oxygen atoms in total. The van der Waals surface area contributed by atoms with Crippen LogP contribution >= 0.6 is 11.8 Å². The van der Waals surface area contributed by atoms with Crippen LogP contribution in [0, 0.1) is 25.2 Å². The van der Waals surface area contributed by atoms with Gasteiger partial charge in [-0.15, -0.1) is 0 Å². The summed E-state index contributed by atoms with van der Waals surface area (Å²) in [5, 5.41) is 26.2. The summed E-state index contributed by atoms with van der Waals surface area (Å²) in [6.07, 6.45) is 0.0579. The average Bonchev–Trinajstić information content (AvgIpc) is 4.00. The van der Waals surface area contributed by atoms with Gasteiger partial charge in [-0.25, -0.2) is 9.59 Å². The van der Waals surface area contributed by atoms with E-state index in [4.69, 9.17) is 37.9 Å². The number of ether oxygens (including phenoxy) is 8. The van der Waals surface area contributed by atoms with Crippen molar-refractivity contribution in [2.45, 2.75) is 75.5 Å². The zero-order valence-electron chi connectivity index (χ0n) is 40.5. The third kappa shape index (κ3) is 8.88. The summed E-state index contributed by atoms with van der Waals surface area (Å²) >= 11 is 1.55. The maximum Gasteiger partial charge on any atom is 0.408 e. The molecule has 6 atom stereocenters. The number of nitrogens with zero attached hydrogens (tertiary/aromatic N) is 3. The minimum atomic E-state index is -1.11. The molecule has 1 saturated heterocycles. The Morgan fingerprint density at radius 3 is 2.34 bits per heavy atom. The number of benzene rings is 5. The number of hydrogen-bond acceptors (Lipinski definition) is 15. The van der Waals surface area contributed by atoms with Gasteiger partial charge in [-0.2, -0.15) is 17.0 Å². The number of piperazine rings is 1. The predicted molar refractivity (Wildman–Crippen MR) is 265 cm³/mol. The van der Waals surface area contributed by atoms with Crippen LogP contribution in [0.15, 0.2) is 84.9 Å². The van der Waals surface area contributed by atoms with Gasteiger partial charge in [0, 0.05) is 58.9 Å². The summed E-state index contributed by atoms with van der Waals surface area (Å²) in [5.41, 5.74) is 10.2. The Bertz CT molecular complexity index is 2810. The van der Waals surface area contributed by atoms with Crippen molar-refractivity contribution < 1.29 is 52.6 Å². The topological polar surface area (TPSA) is 171 Å². The van der Waals surface area contributed by atoms with Crippen molar-refractivity contribution in [1.82, 2.24) is 15.1 Å². The Hall–Kier alpha value is -6.48. The molecule has 1 fully saturated rings. The number of nitrogens with one attached hydrogen (secondary N) is 1. The molecule has 0 radical (unpaired) electrons. The van der Waals surface area contributed by atoms with Gasteiger partial charge < -0.3 is 48.3 Å². The summed E-state index contributed by atoms with van der Waals surface area (Å²) in [7, 11) is 5.24. The first-order valence-corrected chi connectivity index (χ1v) is 25.1. The first-order chi connectivity index (χ1) is 34.6. The Balaban J connectivity index is 0.983. The number of amides is 1. The van der Waals surface area contributed by atoms with Gasteiger partial charge in [-0.05, 0) is 72.7 Å². The van der Waals surface area contributed by atoms with Crippen LogP contribution in [0.25, 0.3) is 11.1 Å². The second kappa shape index (κ2) is 20.7. The quantitative estimate of drug-likeness (QED) is 0.0523. The molecular formula is C55H58N4O11S. The number of carbonyl (C=O) groups excluding carboxylic acids is 2. The van der Waals surface area contributed by atoms with E-state index in [1.807, 2.05) is 68.6 Å². The summed E-state index contributed by atoms with van der Waals surface area (Å²) in [6.45, 7) is 4.14. The van der Waals surface area contributed by atoms with Gasteiger partial charge in [0.25, 0.3) is 0 Å². The van der Waals surface area contributed by atoms with Crippen LogP contribution in [-0.4, -0.2) is 117 Å². The van der Waals surface area contributed by atoms with Crippen LogP contribution < -0.4 is 24.3 Å². The van der Waals surface area contributed by atoms with Crippen molar-refractivity contribution in [3.8, 4) is 45.9 Å². The second-order valence-electron chi connectivity index (χ2n) is 18.6. The highest BCUT2D eigenvalue weighted by molar-refractivity contribution is 7.99. The van der Waals surface area contributed by atoms with Gasteiger partial charge in [0.15, 0.2) is 29.8 Å². The fraction of sp³-hybridized carbons (Fsp3) is 0.400. The summed E-state index contributed by atoms with van der Waals surface area (Å²) < 4.78 is 47.7. The number of aryl methyl sites for hydroxylation is 1. The zero-order valence-corrected chi connectivity index (χ0v) is 41.3. The molecule has 1 amide bonds. The molecule has 2 N–H and O–H groups in total. The normalized spacial score (nSPS) is 20.9. The van der Waals surface area contributed by atoms with Crippen LogP contribution in [0.2, 0.25) is 0 Å². The maximum atomic E-state index is 14.8. The van der Waals surface area contributed by atoms with Crippen LogP contribution in [-0.2, 0) is 43.2 Å². The lowest BCUT2D eigenvalue weighted by atomic mass is 9.71. The number of phenolic OH excluding ortho intramolecular Hbond substituents is 1. The first kappa shape index (κ1) is 48.2. The standard InChI is InChI=1S/C55H58N4O11S/c1-31-21-34-22-42-44(24-56)59-43(48(58(42)3)46(34)52(50(31)64-5)68-29-65-20-19-63-4)23-39-47(53-51(69-30-70-53)32(2)49(39)60)45(59)26-66-54(61)41(57-55(62)67-25-33-13-7-6-8-14-33)28-71-27-40-37-17-11-9-15-35(37)36-16-10-12-18-38(36)40/h6-18,21,40-45,48,60H,19-20,22-23,25-30H2,1-5H3,(H,57,62)/t41-,42+,43?,44?,45+,48+/m1/s1. The molecule has 71 heavy (non-hydrogen) atoms. The maximum absolute atomic E-state index is 14.8. The monoisotopic (exact) mass is 982 g/mol. The number of aromatic hydroxyl groups is 1. The Kier molecular flexibility index (Phi) is 14.0. The van der Waals surface area contributed by atoms with E-state index in [0.29, 0.717) is 71.5 Å². The molecule has 5 aromatic rings. The summed E-state index contributed by atoms with van der Waals surface area (Å²) in [5.74, 6) is 2.24. The van der Waals surface area contributed by atoms with Crippen LogP contribution in [0.5, 0.6) is 28.7 Å². The van der Waals surface area contributed by atoms with Gasteiger partial charge in [0.05, 0.1) is 38.5 Å². The molecule has 4 heterocycles. The van der Waals surface area contributed by atoms with Gasteiger partial charge >= 0.3 is 12.1 Å². The summed E-state index contributed by atoms with van der Waals surface area (Å²) in [4.78, 5) is 32.7. The van der Waals surface area contributed by atoms with E-state index in [9.17, 15) is 20.0 Å². The number of fused-ring (bicyclic) bond motifs is 12. The molecule has 0 aromatic heterocycles. The minimum Gasteiger partial charge on any atom is -0.507 e. The average molecular weight is 983 g/mol. The number of thioether (sulfide) groups is 1. The highest BCUT2D eigenvalue weighted by atomic mass is 32.2. The number of likely N-dealkylation sites (N-methyl/N-ethyl adjacent to an activating group) is 1. The van der Waals surface area contributed by atoms with Gasteiger partial charge in [0.2, 0.25) is 6.79 Å². The second-order valence-corrected chi connectivity index (χ2v) is 19.6. The van der Waals surface area contributed by atoms with Crippen molar-refractivity contribution in [2.24, 2.45) is 0 Å². The third-order valence-electron chi connectivity index (χ3n) is 14.7. The van der Waals surface area contributed by atoms with E-state index in [0.717, 1.165) is 22.3 Å².